The minimum Gasteiger partial charge on any atom is -0.384 e. The Labute approximate surface area is 91.3 Å². The lowest BCUT2D eigenvalue weighted by Gasteiger charge is -2.15. The van der Waals surface area contributed by atoms with Gasteiger partial charge in [0.05, 0.1) is 6.20 Å². The highest BCUT2D eigenvalue weighted by molar-refractivity contribution is 6.00. The Morgan fingerprint density at radius 3 is 2.73 bits per heavy atom. The van der Waals surface area contributed by atoms with Crippen LogP contribution in [-0.2, 0) is 0 Å². The van der Waals surface area contributed by atoms with Crippen molar-refractivity contribution in [2.75, 3.05) is 19.6 Å². The van der Waals surface area contributed by atoms with E-state index < -0.39 is 0 Å². The quantitative estimate of drug-likeness (QED) is 0.706. The lowest BCUT2D eigenvalue weighted by molar-refractivity contribution is 0.307. The molecular weight excluding hydrogens is 188 g/mol. The molecule has 1 aliphatic rings. The highest BCUT2D eigenvalue weighted by Gasteiger charge is 2.13. The molecule has 4 heteroatoms. The van der Waals surface area contributed by atoms with E-state index in [9.17, 15) is 0 Å². The molecule has 4 nitrogen and oxygen atoms in total. The zero-order valence-corrected chi connectivity index (χ0v) is 9.37. The van der Waals surface area contributed by atoms with Crippen LogP contribution in [0.3, 0.4) is 0 Å². The third-order valence-electron chi connectivity index (χ3n) is 2.62. The summed E-state index contributed by atoms with van der Waals surface area (Å²) < 4.78 is 0. The van der Waals surface area contributed by atoms with Crippen LogP contribution in [0.4, 0.5) is 0 Å². The molecule has 0 aromatic carbocycles. The number of rotatable bonds is 2. The van der Waals surface area contributed by atoms with Gasteiger partial charge in [0.15, 0.2) is 0 Å². The fourth-order valence-electron chi connectivity index (χ4n) is 1.61. The van der Waals surface area contributed by atoms with Gasteiger partial charge in [-0.1, -0.05) is 13.5 Å². The highest BCUT2D eigenvalue weighted by atomic mass is 15.1. The molecule has 0 aromatic heterocycles. The molecule has 0 atom stereocenters. The van der Waals surface area contributed by atoms with Gasteiger partial charge in [0.2, 0.25) is 0 Å². The summed E-state index contributed by atoms with van der Waals surface area (Å²) in [7, 11) is 0. The molecule has 1 fully saturated rings. The molecule has 15 heavy (non-hydrogen) atoms. The van der Waals surface area contributed by atoms with Crippen LogP contribution in [0.25, 0.3) is 0 Å². The predicted molar refractivity (Wildman–Crippen MR) is 64.4 cm³/mol. The number of likely N-dealkylation sites (tertiary alicyclic amines) is 1. The molecule has 4 N–H and O–H groups in total. The molecule has 1 saturated heterocycles. The first-order valence-electron chi connectivity index (χ1n) is 5.31. The van der Waals surface area contributed by atoms with Gasteiger partial charge in [-0.15, -0.1) is 0 Å². The van der Waals surface area contributed by atoms with Gasteiger partial charge in [0.1, 0.15) is 5.82 Å². The minimum atomic E-state index is 0.242. The van der Waals surface area contributed by atoms with Gasteiger partial charge in [-0.2, -0.15) is 0 Å². The second-order valence-corrected chi connectivity index (χ2v) is 3.74. The molecule has 0 unspecified atom stereocenters. The van der Waals surface area contributed by atoms with Crippen LogP contribution in [-0.4, -0.2) is 30.2 Å². The lowest BCUT2D eigenvalue weighted by Crippen LogP contribution is -2.24. The Kier molecular flexibility index (Phi) is 4.37. The van der Waals surface area contributed by atoms with Crippen LogP contribution in [0.1, 0.15) is 19.8 Å². The van der Waals surface area contributed by atoms with Gasteiger partial charge in [-0.05, 0) is 18.5 Å². The summed E-state index contributed by atoms with van der Waals surface area (Å²) >= 11 is 0. The summed E-state index contributed by atoms with van der Waals surface area (Å²) in [4.78, 5) is 6.66. The summed E-state index contributed by atoms with van der Waals surface area (Å²) in [5.41, 5.74) is 12.8. The smallest absolute Gasteiger partial charge is 0.112 e. The Bertz CT molecular complexity index is 287. The largest absolute Gasteiger partial charge is 0.384 e. The normalized spacial score (nSPS) is 21.4. The maximum absolute atomic E-state index is 5.34. The van der Waals surface area contributed by atoms with Crippen molar-refractivity contribution in [2.24, 2.45) is 16.5 Å². The van der Waals surface area contributed by atoms with Gasteiger partial charge < -0.3 is 16.4 Å². The van der Waals surface area contributed by atoms with Gasteiger partial charge >= 0.3 is 0 Å². The van der Waals surface area contributed by atoms with E-state index in [1.54, 1.807) is 0 Å². The molecule has 1 heterocycles. The van der Waals surface area contributed by atoms with Gasteiger partial charge in [-0.25, -0.2) is 0 Å². The van der Waals surface area contributed by atoms with Crippen molar-refractivity contribution in [3.8, 4) is 0 Å². The first kappa shape index (κ1) is 11.8. The molecule has 0 saturated carbocycles. The van der Waals surface area contributed by atoms with Crippen molar-refractivity contribution < 1.29 is 0 Å². The molecular formula is C11H20N4. The Balaban J connectivity index is 2.69. The Hall–Kier alpha value is -1.29. The fraction of sp³-hybridized carbons (Fsp3) is 0.545. The maximum Gasteiger partial charge on any atom is 0.112 e. The second-order valence-electron chi connectivity index (χ2n) is 3.74. The molecule has 0 radical (unpaired) electrons. The monoisotopic (exact) mass is 208 g/mol. The van der Waals surface area contributed by atoms with Crippen molar-refractivity contribution in [3.63, 3.8) is 0 Å². The van der Waals surface area contributed by atoms with E-state index in [0.717, 1.165) is 43.8 Å². The number of aliphatic imine (C=N–C) groups is 1. The molecule has 84 valence electrons. The standard InChI is InChI=1S/C11H20N4/c1-3-15-6-4-9(2)10(5-7-15)14-8-11(12)13/h8H,2-7,12-13H2,1H3/b14-10-. The van der Waals surface area contributed by atoms with Crippen LogP contribution in [0.2, 0.25) is 0 Å². The summed E-state index contributed by atoms with van der Waals surface area (Å²) in [5.74, 6) is 0.242. The fourth-order valence-corrected chi connectivity index (χ4v) is 1.61. The maximum atomic E-state index is 5.34. The predicted octanol–water partition coefficient (Wildman–Crippen LogP) is 0.816. The Morgan fingerprint density at radius 1 is 1.47 bits per heavy atom. The molecule has 1 aliphatic heterocycles. The van der Waals surface area contributed by atoms with Crippen LogP contribution in [0.5, 0.6) is 0 Å². The van der Waals surface area contributed by atoms with E-state index in [1.807, 2.05) is 0 Å². The summed E-state index contributed by atoms with van der Waals surface area (Å²) in [5, 5.41) is 0. The highest BCUT2D eigenvalue weighted by Crippen LogP contribution is 2.12. The van der Waals surface area contributed by atoms with Crippen molar-refractivity contribution in [3.05, 3.63) is 24.2 Å². The number of hydrogen-bond donors (Lipinski definition) is 2. The van der Waals surface area contributed by atoms with Crippen LogP contribution >= 0.6 is 0 Å². The van der Waals surface area contributed by atoms with E-state index in [2.05, 4.69) is 23.4 Å². The SMILES string of the molecule is C=C1CCN(CC)CC/C1=N/C=C(N)N. The number of nitrogens with zero attached hydrogens (tertiary/aromatic N) is 2. The van der Waals surface area contributed by atoms with Gasteiger partial charge in [-0.3, -0.25) is 4.99 Å². The van der Waals surface area contributed by atoms with Crippen LogP contribution < -0.4 is 11.5 Å². The second kappa shape index (κ2) is 5.56. The molecule has 0 aromatic rings. The van der Waals surface area contributed by atoms with Crippen LogP contribution in [0, 0.1) is 0 Å². The number of nitrogens with two attached hydrogens (primary N) is 2. The average Bonchev–Trinajstić information content (AvgIpc) is 2.37. The zero-order chi connectivity index (χ0) is 11.3. The molecule has 1 rings (SSSR count). The Morgan fingerprint density at radius 2 is 2.13 bits per heavy atom. The first-order chi connectivity index (χ1) is 7.13. The van der Waals surface area contributed by atoms with Gasteiger partial charge in [0.25, 0.3) is 0 Å². The van der Waals surface area contributed by atoms with E-state index in [4.69, 9.17) is 11.5 Å². The van der Waals surface area contributed by atoms with Crippen LogP contribution in [0.15, 0.2) is 29.2 Å². The van der Waals surface area contributed by atoms with E-state index >= 15 is 0 Å². The van der Waals surface area contributed by atoms with Crippen molar-refractivity contribution in [2.45, 2.75) is 19.8 Å². The molecule has 0 spiro atoms. The molecule has 0 amide bonds. The first-order valence-corrected chi connectivity index (χ1v) is 5.31. The van der Waals surface area contributed by atoms with Crippen molar-refractivity contribution >= 4 is 5.71 Å². The van der Waals surface area contributed by atoms with E-state index in [0.29, 0.717) is 0 Å². The van der Waals surface area contributed by atoms with Gasteiger partial charge in [0, 0.05) is 25.2 Å². The minimum absolute atomic E-state index is 0.242. The lowest BCUT2D eigenvalue weighted by atomic mass is 10.1. The summed E-state index contributed by atoms with van der Waals surface area (Å²) in [6.45, 7) is 9.38. The van der Waals surface area contributed by atoms with Crippen molar-refractivity contribution in [1.29, 1.82) is 0 Å². The van der Waals surface area contributed by atoms with Crippen molar-refractivity contribution in [1.82, 2.24) is 4.90 Å². The third-order valence-corrected chi connectivity index (χ3v) is 2.62. The van der Waals surface area contributed by atoms with E-state index in [1.165, 1.54) is 6.20 Å². The molecule has 0 bridgehead atoms. The number of hydrogen-bond acceptors (Lipinski definition) is 4. The topological polar surface area (TPSA) is 67.6 Å². The summed E-state index contributed by atoms with van der Waals surface area (Å²) in [6.07, 6.45) is 3.41. The molecule has 0 aliphatic carbocycles. The van der Waals surface area contributed by atoms with E-state index in [-0.39, 0.29) is 5.82 Å². The average molecular weight is 208 g/mol. The third kappa shape index (κ3) is 3.75. The zero-order valence-electron chi connectivity index (χ0n) is 9.37. The summed E-state index contributed by atoms with van der Waals surface area (Å²) in [6, 6.07) is 0.